The third kappa shape index (κ3) is 2.39. The lowest BCUT2D eigenvalue weighted by atomic mass is 10.3. The number of pyridine rings is 1. The Bertz CT molecular complexity index is 514. The van der Waals surface area contributed by atoms with E-state index in [-0.39, 0.29) is 5.82 Å². The van der Waals surface area contributed by atoms with Crippen LogP contribution in [0.4, 0.5) is 20.7 Å². The number of para-hydroxylation sites is 1. The second-order valence-corrected chi connectivity index (χ2v) is 3.29. The van der Waals surface area contributed by atoms with E-state index >= 15 is 0 Å². The molecule has 1 heterocycles. The van der Waals surface area contributed by atoms with Gasteiger partial charge >= 0.3 is 6.09 Å². The van der Waals surface area contributed by atoms with Crippen LogP contribution in [-0.4, -0.2) is 16.2 Å². The van der Waals surface area contributed by atoms with Gasteiger partial charge in [-0.2, -0.15) is 0 Å². The minimum absolute atomic E-state index is 0.158. The van der Waals surface area contributed by atoms with E-state index in [4.69, 9.17) is 5.11 Å². The summed E-state index contributed by atoms with van der Waals surface area (Å²) in [7, 11) is 0. The second kappa shape index (κ2) is 4.61. The Hall–Kier alpha value is -2.43. The minimum Gasteiger partial charge on any atom is -0.464 e. The number of hydrogen-bond acceptors (Lipinski definition) is 2. The summed E-state index contributed by atoms with van der Waals surface area (Å²) < 4.78 is 12.7. The summed E-state index contributed by atoms with van der Waals surface area (Å²) in [6, 6.07) is 11.0. The third-order valence-electron chi connectivity index (χ3n) is 2.15. The van der Waals surface area contributed by atoms with Crippen LogP contribution in [0.1, 0.15) is 0 Å². The van der Waals surface area contributed by atoms with Gasteiger partial charge in [0.25, 0.3) is 0 Å². The smallest absolute Gasteiger partial charge is 0.417 e. The van der Waals surface area contributed by atoms with Crippen molar-refractivity contribution in [2.75, 3.05) is 4.90 Å². The summed E-state index contributed by atoms with van der Waals surface area (Å²) >= 11 is 0. The first kappa shape index (κ1) is 11.1. The monoisotopic (exact) mass is 232 g/mol. The number of carbonyl (C=O) groups is 1. The van der Waals surface area contributed by atoms with Gasteiger partial charge in [-0.3, -0.25) is 0 Å². The van der Waals surface area contributed by atoms with E-state index in [1.54, 1.807) is 30.3 Å². The molecule has 2 aromatic rings. The average molecular weight is 232 g/mol. The van der Waals surface area contributed by atoms with Crippen molar-refractivity contribution < 1.29 is 14.3 Å². The Morgan fingerprint density at radius 2 is 1.88 bits per heavy atom. The maximum Gasteiger partial charge on any atom is 0.417 e. The third-order valence-corrected chi connectivity index (χ3v) is 2.15. The molecule has 0 bridgehead atoms. The fourth-order valence-corrected chi connectivity index (χ4v) is 1.42. The van der Waals surface area contributed by atoms with Gasteiger partial charge in [0, 0.05) is 0 Å². The van der Waals surface area contributed by atoms with Crippen LogP contribution >= 0.6 is 0 Å². The second-order valence-electron chi connectivity index (χ2n) is 3.29. The number of aromatic nitrogens is 1. The predicted molar refractivity (Wildman–Crippen MR) is 60.8 cm³/mol. The average Bonchev–Trinajstić information content (AvgIpc) is 2.33. The van der Waals surface area contributed by atoms with E-state index in [2.05, 4.69) is 4.98 Å². The lowest BCUT2D eigenvalue weighted by Gasteiger charge is -2.17. The van der Waals surface area contributed by atoms with E-state index < -0.39 is 11.9 Å². The van der Waals surface area contributed by atoms with Crippen LogP contribution in [0.2, 0.25) is 0 Å². The molecule has 1 N–H and O–H groups in total. The van der Waals surface area contributed by atoms with Crippen LogP contribution in [0.5, 0.6) is 0 Å². The number of hydrogen-bond donors (Lipinski definition) is 1. The maximum atomic E-state index is 12.7. The van der Waals surface area contributed by atoms with Crippen molar-refractivity contribution in [2.24, 2.45) is 0 Å². The summed E-state index contributed by atoms with van der Waals surface area (Å²) in [6.45, 7) is 0. The molecule has 0 unspecified atom stereocenters. The van der Waals surface area contributed by atoms with Crippen molar-refractivity contribution in [3.8, 4) is 0 Å². The van der Waals surface area contributed by atoms with Gasteiger partial charge in [-0.25, -0.2) is 19.1 Å². The Balaban J connectivity index is 2.43. The molecule has 1 aromatic carbocycles. The number of rotatable bonds is 2. The lowest BCUT2D eigenvalue weighted by Crippen LogP contribution is -2.24. The zero-order valence-corrected chi connectivity index (χ0v) is 8.75. The van der Waals surface area contributed by atoms with Gasteiger partial charge < -0.3 is 5.11 Å². The first-order valence-corrected chi connectivity index (χ1v) is 4.88. The van der Waals surface area contributed by atoms with E-state index in [1.165, 1.54) is 12.1 Å². The Kier molecular flexibility index (Phi) is 3.00. The van der Waals surface area contributed by atoms with Crippen molar-refractivity contribution in [2.45, 2.75) is 0 Å². The van der Waals surface area contributed by atoms with Gasteiger partial charge in [-0.15, -0.1) is 0 Å². The largest absolute Gasteiger partial charge is 0.464 e. The molecule has 0 saturated carbocycles. The molecule has 4 nitrogen and oxygen atoms in total. The molecule has 0 fully saturated rings. The maximum absolute atomic E-state index is 12.7. The first-order chi connectivity index (χ1) is 8.18. The number of amides is 1. The van der Waals surface area contributed by atoms with Crippen LogP contribution < -0.4 is 4.90 Å². The Morgan fingerprint density at radius 1 is 1.18 bits per heavy atom. The highest BCUT2D eigenvalue weighted by Crippen LogP contribution is 2.23. The minimum atomic E-state index is -1.17. The highest BCUT2D eigenvalue weighted by molar-refractivity contribution is 5.93. The summed E-state index contributed by atoms with van der Waals surface area (Å²) in [5.74, 6) is -0.350. The molecule has 0 saturated heterocycles. The Morgan fingerprint density at radius 3 is 2.41 bits per heavy atom. The van der Waals surface area contributed by atoms with Crippen molar-refractivity contribution in [3.63, 3.8) is 0 Å². The highest BCUT2D eigenvalue weighted by Gasteiger charge is 2.17. The van der Waals surface area contributed by atoms with Crippen molar-refractivity contribution in [1.29, 1.82) is 0 Å². The standard InChI is InChI=1S/C12H9FN2O2/c13-9-6-7-11(14-8-9)15(12(16)17)10-4-2-1-3-5-10/h1-8H,(H,16,17). The first-order valence-electron chi connectivity index (χ1n) is 4.88. The lowest BCUT2D eigenvalue weighted by molar-refractivity contribution is 0.204. The molecule has 5 heteroatoms. The molecule has 0 atom stereocenters. The fraction of sp³-hybridized carbons (Fsp3) is 0. The van der Waals surface area contributed by atoms with Gasteiger partial charge in [-0.05, 0) is 24.3 Å². The number of benzene rings is 1. The van der Waals surface area contributed by atoms with Crippen molar-refractivity contribution in [3.05, 3.63) is 54.5 Å². The molecule has 0 spiro atoms. The molecule has 0 aliphatic heterocycles. The van der Waals surface area contributed by atoms with Crippen molar-refractivity contribution >= 4 is 17.6 Å². The predicted octanol–water partition coefficient (Wildman–Crippen LogP) is 3.04. The van der Waals surface area contributed by atoms with Gasteiger partial charge in [-0.1, -0.05) is 18.2 Å². The Labute approximate surface area is 97.0 Å². The molecule has 17 heavy (non-hydrogen) atoms. The van der Waals surface area contributed by atoms with Crippen LogP contribution in [-0.2, 0) is 0 Å². The van der Waals surface area contributed by atoms with Crippen molar-refractivity contribution in [1.82, 2.24) is 4.98 Å². The quantitative estimate of drug-likeness (QED) is 0.865. The van der Waals surface area contributed by atoms with Gasteiger partial charge in [0.1, 0.15) is 11.6 Å². The number of anilines is 2. The normalized spacial score (nSPS) is 9.94. The molecule has 0 aliphatic carbocycles. The molecule has 86 valence electrons. The van der Waals surface area contributed by atoms with Gasteiger partial charge in [0.15, 0.2) is 0 Å². The highest BCUT2D eigenvalue weighted by atomic mass is 19.1. The van der Waals surface area contributed by atoms with E-state index in [1.807, 2.05) is 0 Å². The number of carboxylic acid groups (broad SMARTS) is 1. The van der Waals surface area contributed by atoms with E-state index in [0.717, 1.165) is 11.1 Å². The van der Waals surface area contributed by atoms with Crippen LogP contribution in [0, 0.1) is 5.82 Å². The summed E-state index contributed by atoms with van der Waals surface area (Å²) in [5.41, 5.74) is 0.458. The molecular weight excluding hydrogens is 223 g/mol. The molecule has 0 aliphatic rings. The zero-order valence-electron chi connectivity index (χ0n) is 8.75. The summed E-state index contributed by atoms with van der Waals surface area (Å²) in [5, 5.41) is 9.14. The van der Waals surface area contributed by atoms with Crippen LogP contribution in [0.25, 0.3) is 0 Å². The van der Waals surface area contributed by atoms with E-state index in [0.29, 0.717) is 5.69 Å². The molecule has 0 radical (unpaired) electrons. The van der Waals surface area contributed by atoms with Crippen LogP contribution in [0.15, 0.2) is 48.7 Å². The molecule has 2 rings (SSSR count). The van der Waals surface area contributed by atoms with Gasteiger partial charge in [0.05, 0.1) is 11.9 Å². The fourth-order valence-electron chi connectivity index (χ4n) is 1.42. The van der Waals surface area contributed by atoms with Gasteiger partial charge in [0.2, 0.25) is 0 Å². The molecule has 1 amide bonds. The summed E-state index contributed by atoms with van der Waals surface area (Å²) in [6.07, 6.45) is -0.191. The molecular formula is C12H9FN2O2. The molecule has 1 aromatic heterocycles. The number of nitrogens with zero attached hydrogens (tertiary/aromatic N) is 2. The zero-order chi connectivity index (χ0) is 12.3. The topological polar surface area (TPSA) is 53.4 Å². The van der Waals surface area contributed by atoms with E-state index in [9.17, 15) is 9.18 Å². The number of halogens is 1. The summed E-state index contributed by atoms with van der Waals surface area (Å²) in [4.78, 5) is 15.9. The SMILES string of the molecule is O=C(O)N(c1ccccc1)c1ccc(F)cn1. The van der Waals surface area contributed by atoms with Crippen LogP contribution in [0.3, 0.4) is 0 Å².